The Morgan fingerprint density at radius 3 is 2.79 bits per heavy atom. The topological polar surface area (TPSA) is 41.1 Å². The van der Waals surface area contributed by atoms with Crippen LogP contribution in [-0.4, -0.2) is 26.0 Å². The highest BCUT2D eigenvalue weighted by Gasteiger charge is 2.13. The minimum absolute atomic E-state index is 0.142. The fraction of sp³-hybridized carbons (Fsp3) is 0.444. The van der Waals surface area contributed by atoms with Crippen molar-refractivity contribution in [3.8, 4) is 0 Å². The van der Waals surface area contributed by atoms with Crippen LogP contribution in [0.4, 0.5) is 4.39 Å². The molecule has 5 heteroatoms. The summed E-state index contributed by atoms with van der Waals surface area (Å²) in [6, 6.07) is 1.56. The van der Waals surface area contributed by atoms with Crippen molar-refractivity contribution in [2.24, 2.45) is 0 Å². The molecular formula is C9H13FN2OS. The van der Waals surface area contributed by atoms with E-state index >= 15 is 0 Å². The molecule has 0 aromatic carbocycles. The molecule has 1 aromatic rings. The zero-order valence-electron chi connectivity index (χ0n) is 8.19. The average Bonchev–Trinajstić information content (AvgIpc) is 2.45. The lowest BCUT2D eigenvalue weighted by Gasteiger charge is -2.02. The van der Waals surface area contributed by atoms with Crippen LogP contribution >= 0.6 is 11.3 Å². The molecule has 0 fully saturated rings. The van der Waals surface area contributed by atoms with E-state index in [1.807, 2.05) is 0 Å². The van der Waals surface area contributed by atoms with E-state index in [2.05, 4.69) is 10.6 Å². The fourth-order valence-electron chi connectivity index (χ4n) is 1.04. The number of amides is 1. The van der Waals surface area contributed by atoms with Crippen LogP contribution < -0.4 is 10.6 Å². The van der Waals surface area contributed by atoms with Crippen molar-refractivity contribution in [2.45, 2.75) is 6.92 Å². The van der Waals surface area contributed by atoms with E-state index in [1.165, 1.54) is 0 Å². The Balaban J connectivity index is 2.56. The van der Waals surface area contributed by atoms with E-state index in [0.29, 0.717) is 13.1 Å². The Morgan fingerprint density at radius 1 is 1.57 bits per heavy atom. The molecule has 0 saturated carbocycles. The number of thiophene rings is 1. The van der Waals surface area contributed by atoms with Crippen molar-refractivity contribution in [2.75, 3.05) is 20.1 Å². The molecular weight excluding hydrogens is 203 g/mol. The molecule has 0 radical (unpaired) electrons. The maximum absolute atomic E-state index is 13.1. The SMILES string of the molecule is CNCCNC(=O)c1cc(C)sc1F. The molecule has 1 aromatic heterocycles. The van der Waals surface area contributed by atoms with Crippen LogP contribution in [0.1, 0.15) is 15.2 Å². The first-order valence-electron chi connectivity index (χ1n) is 4.34. The number of nitrogens with one attached hydrogen (secondary N) is 2. The van der Waals surface area contributed by atoms with Crippen molar-refractivity contribution in [3.63, 3.8) is 0 Å². The Kier molecular flexibility index (Phi) is 4.03. The molecule has 0 aliphatic rings. The highest BCUT2D eigenvalue weighted by Crippen LogP contribution is 2.19. The van der Waals surface area contributed by atoms with Gasteiger partial charge in [-0.2, -0.15) is 4.39 Å². The molecule has 0 saturated heterocycles. The van der Waals surface area contributed by atoms with Gasteiger partial charge in [0, 0.05) is 18.0 Å². The normalized spacial score (nSPS) is 10.2. The highest BCUT2D eigenvalue weighted by atomic mass is 32.1. The van der Waals surface area contributed by atoms with Gasteiger partial charge in [0.15, 0.2) is 5.13 Å². The van der Waals surface area contributed by atoms with Gasteiger partial charge < -0.3 is 10.6 Å². The summed E-state index contributed by atoms with van der Waals surface area (Å²) in [7, 11) is 1.79. The number of aryl methyl sites for hydroxylation is 1. The molecule has 2 N–H and O–H groups in total. The summed E-state index contributed by atoms with van der Waals surface area (Å²) in [5.41, 5.74) is 0.142. The molecule has 1 heterocycles. The van der Waals surface area contributed by atoms with Gasteiger partial charge in [0.1, 0.15) is 0 Å². The first kappa shape index (κ1) is 11.1. The third-order valence-corrected chi connectivity index (χ3v) is 2.55. The second-order valence-electron chi connectivity index (χ2n) is 2.90. The van der Waals surface area contributed by atoms with E-state index in [-0.39, 0.29) is 11.5 Å². The minimum Gasteiger partial charge on any atom is -0.351 e. The summed E-state index contributed by atoms with van der Waals surface area (Å²) >= 11 is 0.994. The average molecular weight is 216 g/mol. The fourth-order valence-corrected chi connectivity index (χ4v) is 1.76. The first-order chi connectivity index (χ1) is 6.65. The summed E-state index contributed by atoms with van der Waals surface area (Å²) in [5, 5.41) is 5.10. The second-order valence-corrected chi connectivity index (χ2v) is 4.11. The molecule has 0 aliphatic carbocycles. The van der Waals surface area contributed by atoms with Crippen molar-refractivity contribution < 1.29 is 9.18 Å². The molecule has 0 aliphatic heterocycles. The summed E-state index contributed by atoms with van der Waals surface area (Å²) in [4.78, 5) is 12.2. The highest BCUT2D eigenvalue weighted by molar-refractivity contribution is 7.10. The van der Waals surface area contributed by atoms with Gasteiger partial charge in [-0.1, -0.05) is 0 Å². The number of carbonyl (C=O) groups is 1. The van der Waals surface area contributed by atoms with Crippen LogP contribution in [0, 0.1) is 12.1 Å². The van der Waals surface area contributed by atoms with E-state index < -0.39 is 5.13 Å². The minimum atomic E-state index is -0.413. The maximum Gasteiger partial charge on any atom is 0.255 e. The van der Waals surface area contributed by atoms with Crippen LogP contribution in [0.3, 0.4) is 0 Å². The van der Waals surface area contributed by atoms with Crippen LogP contribution in [0.25, 0.3) is 0 Å². The van der Waals surface area contributed by atoms with Crippen LogP contribution in [0.2, 0.25) is 0 Å². The molecule has 0 atom stereocenters. The molecule has 1 rings (SSSR count). The Labute approximate surface area is 86.3 Å². The lowest BCUT2D eigenvalue weighted by Crippen LogP contribution is -2.30. The first-order valence-corrected chi connectivity index (χ1v) is 5.15. The number of rotatable bonds is 4. The summed E-state index contributed by atoms with van der Waals surface area (Å²) in [5.74, 6) is -0.345. The Morgan fingerprint density at radius 2 is 2.29 bits per heavy atom. The van der Waals surface area contributed by atoms with Crippen LogP contribution in [-0.2, 0) is 0 Å². The summed E-state index contributed by atoms with van der Waals surface area (Å²) < 4.78 is 13.1. The summed E-state index contributed by atoms with van der Waals surface area (Å²) in [6.07, 6.45) is 0. The number of halogens is 1. The van der Waals surface area contributed by atoms with Gasteiger partial charge in [-0.15, -0.1) is 11.3 Å². The Hall–Kier alpha value is -0.940. The monoisotopic (exact) mass is 216 g/mol. The van der Waals surface area contributed by atoms with Gasteiger partial charge in [-0.3, -0.25) is 4.79 Å². The molecule has 1 amide bonds. The second kappa shape index (κ2) is 5.07. The largest absolute Gasteiger partial charge is 0.351 e. The number of carbonyl (C=O) groups excluding carboxylic acids is 1. The smallest absolute Gasteiger partial charge is 0.255 e. The molecule has 0 bridgehead atoms. The van der Waals surface area contributed by atoms with Gasteiger partial charge >= 0.3 is 0 Å². The predicted molar refractivity (Wildman–Crippen MR) is 55.3 cm³/mol. The quantitative estimate of drug-likeness (QED) is 0.741. The number of hydrogen-bond donors (Lipinski definition) is 2. The van der Waals surface area contributed by atoms with E-state index in [1.54, 1.807) is 20.0 Å². The van der Waals surface area contributed by atoms with Gasteiger partial charge in [0.2, 0.25) is 0 Å². The van der Waals surface area contributed by atoms with E-state index in [4.69, 9.17) is 0 Å². The van der Waals surface area contributed by atoms with Crippen LogP contribution in [0.15, 0.2) is 6.07 Å². The summed E-state index contributed by atoms with van der Waals surface area (Å²) in [6.45, 7) is 2.96. The number of likely N-dealkylation sites (N-methyl/N-ethyl adjacent to an activating group) is 1. The third-order valence-electron chi connectivity index (χ3n) is 1.72. The molecule has 0 spiro atoms. The standard InChI is InChI=1S/C9H13FN2OS/c1-6-5-7(8(10)14-6)9(13)12-4-3-11-2/h5,11H,3-4H2,1-2H3,(H,12,13). The van der Waals surface area contributed by atoms with E-state index in [0.717, 1.165) is 16.2 Å². The molecule has 78 valence electrons. The predicted octanol–water partition coefficient (Wildman–Crippen LogP) is 1.14. The Bertz CT molecular complexity index is 325. The molecule has 14 heavy (non-hydrogen) atoms. The number of hydrogen-bond acceptors (Lipinski definition) is 3. The molecule has 0 unspecified atom stereocenters. The van der Waals surface area contributed by atoms with Gasteiger partial charge in [0.05, 0.1) is 5.56 Å². The van der Waals surface area contributed by atoms with Crippen LogP contribution in [0.5, 0.6) is 0 Å². The van der Waals surface area contributed by atoms with Crippen molar-refractivity contribution in [1.82, 2.24) is 10.6 Å². The van der Waals surface area contributed by atoms with Gasteiger partial charge in [-0.05, 0) is 20.0 Å². The lowest BCUT2D eigenvalue weighted by atomic mass is 10.3. The molecule has 3 nitrogen and oxygen atoms in total. The zero-order chi connectivity index (χ0) is 10.6. The third kappa shape index (κ3) is 2.78. The lowest BCUT2D eigenvalue weighted by molar-refractivity contribution is 0.0951. The van der Waals surface area contributed by atoms with Crippen molar-refractivity contribution in [1.29, 1.82) is 0 Å². The van der Waals surface area contributed by atoms with Crippen molar-refractivity contribution in [3.05, 3.63) is 21.6 Å². The maximum atomic E-state index is 13.1. The zero-order valence-corrected chi connectivity index (χ0v) is 9.00. The van der Waals surface area contributed by atoms with Gasteiger partial charge in [-0.25, -0.2) is 0 Å². The van der Waals surface area contributed by atoms with E-state index in [9.17, 15) is 9.18 Å². The van der Waals surface area contributed by atoms with Crippen molar-refractivity contribution >= 4 is 17.2 Å². The van der Waals surface area contributed by atoms with Gasteiger partial charge in [0.25, 0.3) is 5.91 Å².